The number of rotatable bonds is 5. The Balaban J connectivity index is 1.17. The molecule has 1 aliphatic carbocycles. The summed E-state index contributed by atoms with van der Waals surface area (Å²) < 4.78 is 0. The average molecular weight is 495 g/mol. The van der Waals surface area contributed by atoms with Gasteiger partial charge in [-0.1, -0.05) is 42.5 Å². The van der Waals surface area contributed by atoms with Crippen molar-refractivity contribution in [2.45, 2.75) is 25.3 Å². The molecule has 4 heterocycles. The van der Waals surface area contributed by atoms with Crippen molar-refractivity contribution in [3.8, 4) is 11.1 Å². The van der Waals surface area contributed by atoms with E-state index in [1.165, 1.54) is 29.4 Å². The SMILES string of the molecule is O=c1[nH]c(CN2CCN(c3nc(C4CC4)nc4scc(-c5ccccc5)c34)CC2)nc2ccccc12. The Labute approximate surface area is 212 Å². The molecule has 1 aliphatic heterocycles. The van der Waals surface area contributed by atoms with E-state index in [4.69, 9.17) is 15.0 Å². The first-order valence-corrected chi connectivity index (χ1v) is 13.4. The van der Waals surface area contributed by atoms with Crippen LogP contribution in [0.3, 0.4) is 0 Å². The Kier molecular flexibility index (Phi) is 5.29. The highest BCUT2D eigenvalue weighted by atomic mass is 32.1. The van der Waals surface area contributed by atoms with E-state index >= 15 is 0 Å². The van der Waals surface area contributed by atoms with Crippen molar-refractivity contribution in [3.05, 3.63) is 82.0 Å². The summed E-state index contributed by atoms with van der Waals surface area (Å²) in [7, 11) is 0. The van der Waals surface area contributed by atoms with Crippen LogP contribution < -0.4 is 10.5 Å². The van der Waals surface area contributed by atoms with E-state index in [0.29, 0.717) is 17.8 Å². The normalized spacial score (nSPS) is 16.7. The van der Waals surface area contributed by atoms with Crippen LogP contribution in [0.4, 0.5) is 5.82 Å². The number of benzene rings is 2. The zero-order chi connectivity index (χ0) is 24.1. The summed E-state index contributed by atoms with van der Waals surface area (Å²) in [6.07, 6.45) is 2.37. The molecule has 5 aromatic rings. The Hall–Kier alpha value is -3.62. The number of fused-ring (bicyclic) bond motifs is 2. The molecule has 0 unspecified atom stereocenters. The molecule has 0 bridgehead atoms. The summed E-state index contributed by atoms with van der Waals surface area (Å²) in [6, 6.07) is 18.1. The lowest BCUT2D eigenvalue weighted by Crippen LogP contribution is -2.46. The number of para-hydroxylation sites is 1. The van der Waals surface area contributed by atoms with Crippen molar-refractivity contribution in [2.75, 3.05) is 31.1 Å². The van der Waals surface area contributed by atoms with Crippen LogP contribution in [-0.2, 0) is 6.54 Å². The highest BCUT2D eigenvalue weighted by Gasteiger charge is 2.30. The summed E-state index contributed by atoms with van der Waals surface area (Å²) >= 11 is 1.72. The van der Waals surface area contributed by atoms with Gasteiger partial charge in [0.2, 0.25) is 0 Å². The number of anilines is 1. The minimum atomic E-state index is -0.0730. The highest BCUT2D eigenvalue weighted by molar-refractivity contribution is 7.17. The second kappa shape index (κ2) is 8.80. The number of aromatic amines is 1. The predicted molar refractivity (Wildman–Crippen MR) is 145 cm³/mol. The molecule has 1 N–H and O–H groups in total. The van der Waals surface area contributed by atoms with E-state index < -0.39 is 0 Å². The van der Waals surface area contributed by atoms with Gasteiger partial charge in [0.15, 0.2) is 0 Å². The summed E-state index contributed by atoms with van der Waals surface area (Å²) in [4.78, 5) is 36.1. The van der Waals surface area contributed by atoms with Crippen LogP contribution in [0.15, 0.2) is 64.8 Å². The van der Waals surface area contributed by atoms with Crippen molar-refractivity contribution in [3.63, 3.8) is 0 Å². The van der Waals surface area contributed by atoms with Gasteiger partial charge in [-0.15, -0.1) is 11.3 Å². The fourth-order valence-corrected chi connectivity index (χ4v) is 6.01. The summed E-state index contributed by atoms with van der Waals surface area (Å²) in [6.45, 7) is 4.14. The van der Waals surface area contributed by atoms with Gasteiger partial charge in [-0.25, -0.2) is 15.0 Å². The van der Waals surface area contributed by atoms with Crippen LogP contribution in [-0.4, -0.2) is 51.0 Å². The van der Waals surface area contributed by atoms with E-state index in [1.807, 2.05) is 24.3 Å². The number of nitrogens with zero attached hydrogens (tertiary/aromatic N) is 5. The van der Waals surface area contributed by atoms with Gasteiger partial charge in [-0.2, -0.15) is 0 Å². The predicted octanol–water partition coefficient (Wildman–Crippen LogP) is 4.79. The zero-order valence-electron chi connectivity index (χ0n) is 19.9. The molecule has 180 valence electrons. The van der Waals surface area contributed by atoms with Crippen LogP contribution in [0.2, 0.25) is 0 Å². The van der Waals surface area contributed by atoms with E-state index in [0.717, 1.165) is 54.0 Å². The third-order valence-electron chi connectivity index (χ3n) is 7.17. The first-order valence-electron chi connectivity index (χ1n) is 12.5. The molecular formula is C28H26N6OS. The monoisotopic (exact) mass is 494 g/mol. The van der Waals surface area contributed by atoms with Gasteiger partial charge in [0, 0.05) is 43.0 Å². The average Bonchev–Trinajstić information content (AvgIpc) is 3.68. The van der Waals surface area contributed by atoms with Gasteiger partial charge in [0.25, 0.3) is 5.56 Å². The molecule has 0 amide bonds. The first kappa shape index (κ1) is 21.6. The molecule has 2 aliphatic rings. The fourth-order valence-electron chi connectivity index (χ4n) is 5.06. The lowest BCUT2D eigenvalue weighted by Gasteiger charge is -2.35. The summed E-state index contributed by atoms with van der Waals surface area (Å²) in [5.74, 6) is 3.29. The quantitative estimate of drug-likeness (QED) is 0.378. The Morgan fingerprint density at radius 3 is 2.50 bits per heavy atom. The second-order valence-electron chi connectivity index (χ2n) is 9.67. The number of thiophene rings is 1. The van der Waals surface area contributed by atoms with E-state index in [2.05, 4.69) is 50.5 Å². The number of aromatic nitrogens is 4. The van der Waals surface area contributed by atoms with Crippen LogP contribution in [0, 0.1) is 0 Å². The number of hydrogen-bond donors (Lipinski definition) is 1. The maximum absolute atomic E-state index is 12.5. The minimum absolute atomic E-state index is 0.0730. The maximum Gasteiger partial charge on any atom is 0.258 e. The Morgan fingerprint density at radius 1 is 0.917 bits per heavy atom. The lowest BCUT2D eigenvalue weighted by molar-refractivity contribution is 0.243. The van der Waals surface area contributed by atoms with Gasteiger partial charge >= 0.3 is 0 Å². The molecule has 7 rings (SSSR count). The van der Waals surface area contributed by atoms with E-state index in [9.17, 15) is 4.79 Å². The maximum atomic E-state index is 12.5. The molecule has 1 saturated carbocycles. The molecule has 0 atom stereocenters. The van der Waals surface area contributed by atoms with Crippen LogP contribution in [0.5, 0.6) is 0 Å². The largest absolute Gasteiger partial charge is 0.353 e. The molecule has 3 aromatic heterocycles. The fraction of sp³-hybridized carbons (Fsp3) is 0.286. The van der Waals surface area contributed by atoms with Gasteiger partial charge in [-0.3, -0.25) is 9.69 Å². The Bertz CT molecular complexity index is 1620. The molecule has 0 spiro atoms. The molecule has 7 nitrogen and oxygen atoms in total. The molecule has 8 heteroatoms. The number of piperazine rings is 1. The summed E-state index contributed by atoms with van der Waals surface area (Å²) in [5, 5.41) is 4.03. The van der Waals surface area contributed by atoms with E-state index in [-0.39, 0.29) is 5.56 Å². The van der Waals surface area contributed by atoms with Gasteiger partial charge in [0.05, 0.1) is 22.8 Å². The molecular weight excluding hydrogens is 468 g/mol. The van der Waals surface area contributed by atoms with Crippen LogP contribution in [0.25, 0.3) is 32.2 Å². The smallest absolute Gasteiger partial charge is 0.258 e. The van der Waals surface area contributed by atoms with Gasteiger partial charge in [0.1, 0.15) is 22.3 Å². The van der Waals surface area contributed by atoms with Crippen molar-refractivity contribution in [2.24, 2.45) is 0 Å². The number of H-pyrrole nitrogens is 1. The topological polar surface area (TPSA) is 78.0 Å². The van der Waals surface area contributed by atoms with Crippen molar-refractivity contribution in [1.29, 1.82) is 0 Å². The van der Waals surface area contributed by atoms with Crippen molar-refractivity contribution in [1.82, 2.24) is 24.8 Å². The zero-order valence-corrected chi connectivity index (χ0v) is 20.7. The van der Waals surface area contributed by atoms with Gasteiger partial charge in [-0.05, 0) is 30.5 Å². The third kappa shape index (κ3) is 3.96. The molecule has 1 saturated heterocycles. The number of nitrogens with one attached hydrogen (secondary N) is 1. The lowest BCUT2D eigenvalue weighted by atomic mass is 10.1. The second-order valence-corrected chi connectivity index (χ2v) is 10.5. The molecule has 2 aromatic carbocycles. The van der Waals surface area contributed by atoms with Crippen LogP contribution >= 0.6 is 11.3 Å². The van der Waals surface area contributed by atoms with Crippen molar-refractivity contribution < 1.29 is 0 Å². The minimum Gasteiger partial charge on any atom is -0.353 e. The van der Waals surface area contributed by atoms with Crippen LogP contribution in [0.1, 0.15) is 30.4 Å². The standard InChI is InChI=1S/C28H26N6OS/c35-27-20-8-4-5-9-22(20)29-23(30-27)16-33-12-14-34(15-13-33)26-24-21(18-6-2-1-3-7-18)17-36-28(24)32-25(31-26)19-10-11-19/h1-9,17,19H,10-16H2,(H,29,30,35). The number of hydrogen-bond acceptors (Lipinski definition) is 7. The molecule has 2 fully saturated rings. The summed E-state index contributed by atoms with van der Waals surface area (Å²) in [5.41, 5.74) is 3.10. The first-order chi connectivity index (χ1) is 17.7. The van der Waals surface area contributed by atoms with E-state index in [1.54, 1.807) is 11.3 Å². The third-order valence-corrected chi connectivity index (χ3v) is 8.04. The Morgan fingerprint density at radius 2 is 1.69 bits per heavy atom. The van der Waals surface area contributed by atoms with Crippen molar-refractivity contribution >= 4 is 38.3 Å². The molecule has 36 heavy (non-hydrogen) atoms. The highest BCUT2D eigenvalue weighted by Crippen LogP contribution is 2.43. The van der Waals surface area contributed by atoms with Gasteiger partial charge < -0.3 is 9.88 Å². The molecule has 0 radical (unpaired) electrons.